The Morgan fingerprint density at radius 1 is 1.31 bits per heavy atom. The smallest absolute Gasteiger partial charge is 0.275 e. The average Bonchev–Trinajstić information content (AvgIpc) is 3.56. The number of nitrogens with one attached hydrogen (secondary N) is 3. The van der Waals surface area contributed by atoms with E-state index in [1.165, 1.54) is 11.3 Å². The summed E-state index contributed by atoms with van der Waals surface area (Å²) in [5.41, 5.74) is 2.05. The minimum absolute atomic E-state index is 0.173. The molecule has 1 aromatic heterocycles. The second-order valence-electron chi connectivity index (χ2n) is 9.26. The third-order valence-electron chi connectivity index (χ3n) is 6.67. The summed E-state index contributed by atoms with van der Waals surface area (Å²) in [6, 6.07) is 5.90. The van der Waals surface area contributed by atoms with Gasteiger partial charge in [0, 0.05) is 64.3 Å². The topological polar surface area (TPSA) is 98.8 Å². The van der Waals surface area contributed by atoms with Crippen molar-refractivity contribution in [3.8, 4) is 0 Å². The van der Waals surface area contributed by atoms with E-state index in [1.54, 1.807) is 18.6 Å². The zero-order valence-corrected chi connectivity index (χ0v) is 21.7. The quantitative estimate of drug-likeness (QED) is 0.416. The van der Waals surface area contributed by atoms with Gasteiger partial charge in [-0.1, -0.05) is 6.07 Å². The molecular formula is C25H35FN6O3S. The average molecular weight is 519 g/mol. The summed E-state index contributed by atoms with van der Waals surface area (Å²) in [5.74, 6) is -0.711. The maximum atomic E-state index is 13.0. The lowest BCUT2D eigenvalue weighted by molar-refractivity contribution is 0.0953. The summed E-state index contributed by atoms with van der Waals surface area (Å²) in [4.78, 5) is 35.0. The molecule has 4 rings (SSSR count). The highest BCUT2D eigenvalue weighted by Crippen LogP contribution is 2.27. The second kappa shape index (κ2) is 12.6. The molecule has 2 atom stereocenters. The normalized spacial score (nSPS) is 20.5. The van der Waals surface area contributed by atoms with Gasteiger partial charge in [-0.15, -0.1) is 11.3 Å². The van der Waals surface area contributed by atoms with Crippen LogP contribution in [0.5, 0.6) is 0 Å². The molecule has 0 saturated carbocycles. The number of halogens is 1. The van der Waals surface area contributed by atoms with Crippen molar-refractivity contribution in [3.63, 3.8) is 0 Å². The van der Waals surface area contributed by atoms with E-state index in [9.17, 15) is 14.0 Å². The first-order valence-corrected chi connectivity index (χ1v) is 13.3. The number of piperazine rings is 1. The Morgan fingerprint density at radius 3 is 2.92 bits per heavy atom. The van der Waals surface area contributed by atoms with E-state index in [2.05, 4.69) is 37.7 Å². The lowest BCUT2D eigenvalue weighted by Gasteiger charge is -2.34. The van der Waals surface area contributed by atoms with Gasteiger partial charge < -0.3 is 25.6 Å². The fraction of sp³-hybridized carbons (Fsp3) is 0.560. The summed E-state index contributed by atoms with van der Waals surface area (Å²) < 4.78 is 18.0. The molecule has 2 amide bonds. The van der Waals surface area contributed by atoms with Gasteiger partial charge in [0.2, 0.25) is 0 Å². The van der Waals surface area contributed by atoms with Gasteiger partial charge >= 0.3 is 0 Å². The van der Waals surface area contributed by atoms with E-state index in [0.29, 0.717) is 29.5 Å². The number of carbonyl (C=O) groups excluding carboxylic acids is 2. The molecule has 11 heteroatoms. The van der Waals surface area contributed by atoms with E-state index in [1.807, 2.05) is 12.1 Å². The van der Waals surface area contributed by atoms with Gasteiger partial charge in [0.15, 0.2) is 5.13 Å². The predicted molar refractivity (Wildman–Crippen MR) is 140 cm³/mol. The molecule has 9 nitrogen and oxygen atoms in total. The number of benzene rings is 1. The molecule has 0 aliphatic carbocycles. The number of ether oxygens (including phenoxy) is 1. The van der Waals surface area contributed by atoms with Crippen LogP contribution in [0.25, 0.3) is 0 Å². The molecule has 0 radical (unpaired) electrons. The largest absolute Gasteiger partial charge is 0.380 e. The summed E-state index contributed by atoms with van der Waals surface area (Å²) in [6.07, 6.45) is 1.35. The van der Waals surface area contributed by atoms with Gasteiger partial charge in [-0.2, -0.15) is 0 Å². The molecule has 0 unspecified atom stereocenters. The minimum Gasteiger partial charge on any atom is -0.380 e. The summed E-state index contributed by atoms with van der Waals surface area (Å²) in [7, 11) is 1.70. The minimum atomic E-state index is -0.501. The second-order valence-corrected chi connectivity index (χ2v) is 10.1. The lowest BCUT2D eigenvalue weighted by Crippen LogP contribution is -2.49. The number of rotatable bonds is 10. The highest BCUT2D eigenvalue weighted by Gasteiger charge is 2.26. The van der Waals surface area contributed by atoms with Gasteiger partial charge in [-0.3, -0.25) is 18.9 Å². The molecule has 2 saturated heterocycles. The van der Waals surface area contributed by atoms with Crippen LogP contribution in [0, 0.1) is 0 Å². The van der Waals surface area contributed by atoms with Crippen molar-refractivity contribution in [2.75, 3.05) is 63.3 Å². The number of thiazole rings is 1. The molecule has 2 aromatic rings. The molecule has 0 bridgehead atoms. The van der Waals surface area contributed by atoms with Gasteiger partial charge in [0.05, 0.1) is 24.0 Å². The molecule has 36 heavy (non-hydrogen) atoms. The van der Waals surface area contributed by atoms with Gasteiger partial charge in [0.1, 0.15) is 5.69 Å². The summed E-state index contributed by atoms with van der Waals surface area (Å²) in [5, 5.41) is 11.5. The van der Waals surface area contributed by atoms with Crippen LogP contribution in [0.15, 0.2) is 23.6 Å². The number of nitrogens with zero attached hydrogens (tertiary/aromatic N) is 3. The van der Waals surface area contributed by atoms with Crippen molar-refractivity contribution in [2.45, 2.75) is 38.5 Å². The molecule has 3 heterocycles. The molecule has 3 N–H and O–H groups in total. The number of anilines is 2. The van der Waals surface area contributed by atoms with Crippen molar-refractivity contribution < 1.29 is 18.7 Å². The van der Waals surface area contributed by atoms with Crippen molar-refractivity contribution in [1.82, 2.24) is 20.5 Å². The molecule has 2 aliphatic rings. The molecule has 0 spiro atoms. The first-order chi connectivity index (χ1) is 17.5. The number of hydrogen-bond acceptors (Lipinski definition) is 8. The standard InChI is InChI=1S/C25H35FN6O3S/c1-17-13-27-9-11-31(17)14-18-4-5-21(20(12-18)23(33)28-8-3-7-26)29-24(34)22-16-36-25(30-22)32-10-6-19(15-32)35-2/h4-5,12,16-17,19,27H,3,6-11,13-15H2,1-2H3,(H,28,33)(H,29,34)/t17-,19-/m0/s1. The van der Waals surface area contributed by atoms with Crippen molar-refractivity contribution in [2.24, 2.45) is 0 Å². The number of aromatic nitrogens is 1. The zero-order valence-electron chi connectivity index (χ0n) is 20.9. The number of carbonyl (C=O) groups is 2. The Balaban J connectivity index is 1.49. The van der Waals surface area contributed by atoms with Crippen LogP contribution < -0.4 is 20.9 Å². The first kappa shape index (κ1) is 26.5. The maximum absolute atomic E-state index is 13.0. The number of hydrogen-bond donors (Lipinski definition) is 3. The van der Waals surface area contributed by atoms with Crippen LogP contribution in [-0.4, -0.2) is 86.9 Å². The Morgan fingerprint density at radius 2 is 2.17 bits per heavy atom. The molecule has 2 fully saturated rings. The Hall–Kier alpha value is -2.60. The Bertz CT molecular complexity index is 1050. The van der Waals surface area contributed by atoms with Crippen LogP contribution in [0.4, 0.5) is 15.2 Å². The van der Waals surface area contributed by atoms with Crippen LogP contribution in [0.2, 0.25) is 0 Å². The van der Waals surface area contributed by atoms with Crippen LogP contribution in [0.3, 0.4) is 0 Å². The van der Waals surface area contributed by atoms with Crippen molar-refractivity contribution in [3.05, 3.63) is 40.4 Å². The fourth-order valence-corrected chi connectivity index (χ4v) is 5.34. The molecule has 1 aromatic carbocycles. The third kappa shape index (κ3) is 6.58. The fourth-order valence-electron chi connectivity index (χ4n) is 4.50. The maximum Gasteiger partial charge on any atom is 0.275 e. The predicted octanol–water partition coefficient (Wildman–Crippen LogP) is 2.50. The van der Waals surface area contributed by atoms with Crippen molar-refractivity contribution >= 4 is 34.0 Å². The van der Waals surface area contributed by atoms with Gasteiger partial charge in [-0.05, 0) is 37.5 Å². The van der Waals surface area contributed by atoms with E-state index in [0.717, 1.165) is 49.8 Å². The van der Waals surface area contributed by atoms with Gasteiger partial charge in [-0.25, -0.2) is 4.98 Å². The van der Waals surface area contributed by atoms with Gasteiger partial charge in [0.25, 0.3) is 11.8 Å². The van der Waals surface area contributed by atoms with E-state index >= 15 is 0 Å². The number of amides is 2. The Labute approximate surface area is 215 Å². The summed E-state index contributed by atoms with van der Waals surface area (Å²) >= 11 is 1.42. The monoisotopic (exact) mass is 518 g/mol. The molecular weight excluding hydrogens is 483 g/mol. The molecule has 196 valence electrons. The highest BCUT2D eigenvalue weighted by molar-refractivity contribution is 7.14. The van der Waals surface area contributed by atoms with E-state index in [-0.39, 0.29) is 30.9 Å². The van der Waals surface area contributed by atoms with E-state index < -0.39 is 6.67 Å². The number of methoxy groups -OCH3 is 1. The van der Waals surface area contributed by atoms with Crippen LogP contribution in [0.1, 0.15) is 46.2 Å². The summed E-state index contributed by atoms with van der Waals surface area (Å²) in [6.45, 7) is 6.96. The van der Waals surface area contributed by atoms with Crippen LogP contribution >= 0.6 is 11.3 Å². The van der Waals surface area contributed by atoms with E-state index in [4.69, 9.17) is 4.74 Å². The number of alkyl halides is 1. The lowest BCUT2D eigenvalue weighted by atomic mass is 10.1. The zero-order chi connectivity index (χ0) is 25.5. The highest BCUT2D eigenvalue weighted by atomic mass is 32.1. The van der Waals surface area contributed by atoms with Crippen LogP contribution in [-0.2, 0) is 11.3 Å². The third-order valence-corrected chi connectivity index (χ3v) is 7.57. The SMILES string of the molecule is CO[C@H]1CCN(c2nc(C(=O)Nc3ccc(CN4CCNC[C@@H]4C)cc3C(=O)NCCCF)cs2)C1. The molecule has 2 aliphatic heterocycles. The Kier molecular flexibility index (Phi) is 9.24. The first-order valence-electron chi connectivity index (χ1n) is 12.4. The van der Waals surface area contributed by atoms with Crippen molar-refractivity contribution in [1.29, 1.82) is 0 Å².